The summed E-state index contributed by atoms with van der Waals surface area (Å²) >= 11 is 0. The summed E-state index contributed by atoms with van der Waals surface area (Å²) in [4.78, 5) is 0. The fourth-order valence-electron chi connectivity index (χ4n) is 1.43. The Morgan fingerprint density at radius 1 is 1.27 bits per heavy atom. The molecule has 1 atom stereocenters. The Hall–Kier alpha value is -1.02. The molecule has 0 saturated carbocycles. The highest BCUT2D eigenvalue weighted by molar-refractivity contribution is 5.38. The fraction of sp³-hybridized carbons (Fsp3) is 0.538. The second-order valence-electron chi connectivity index (χ2n) is 5.03. The lowest BCUT2D eigenvalue weighted by Gasteiger charge is -2.23. The molecule has 15 heavy (non-hydrogen) atoms. The average Bonchev–Trinajstić information content (AvgIpc) is 2.13. The Kier molecular flexibility index (Phi) is 3.75. The Labute approximate surface area is 92.4 Å². The molecular formula is C13H21NO. The van der Waals surface area contributed by atoms with Crippen LogP contribution in [0.4, 0.5) is 0 Å². The third-order valence-corrected chi connectivity index (χ3v) is 2.20. The smallest absolute Gasteiger partial charge is 0.123 e. The molecule has 1 aromatic rings. The van der Waals surface area contributed by atoms with Crippen LogP contribution in [0.15, 0.2) is 24.3 Å². The lowest BCUT2D eigenvalue weighted by molar-refractivity contribution is 0.289. The molecule has 84 valence electrons. The SMILES string of the molecule is CC(N)COc1ccccc1C(C)(C)C. The van der Waals surface area contributed by atoms with Crippen LogP contribution in [-0.4, -0.2) is 12.6 Å². The topological polar surface area (TPSA) is 35.2 Å². The number of rotatable bonds is 3. The van der Waals surface area contributed by atoms with Crippen LogP contribution in [0.3, 0.4) is 0 Å². The maximum absolute atomic E-state index is 5.70. The van der Waals surface area contributed by atoms with E-state index in [0.717, 1.165) is 5.75 Å². The molecule has 0 aliphatic rings. The second kappa shape index (κ2) is 4.67. The van der Waals surface area contributed by atoms with Crippen molar-refractivity contribution in [1.82, 2.24) is 0 Å². The van der Waals surface area contributed by atoms with E-state index in [0.29, 0.717) is 6.61 Å². The zero-order valence-corrected chi connectivity index (χ0v) is 10.1. The third kappa shape index (κ3) is 3.56. The van der Waals surface area contributed by atoms with Gasteiger partial charge in [0.05, 0.1) is 0 Å². The van der Waals surface area contributed by atoms with Crippen LogP contribution in [0, 0.1) is 0 Å². The molecule has 0 bridgehead atoms. The van der Waals surface area contributed by atoms with Gasteiger partial charge in [0.25, 0.3) is 0 Å². The predicted molar refractivity (Wildman–Crippen MR) is 64.3 cm³/mol. The largest absolute Gasteiger partial charge is 0.492 e. The first-order valence-corrected chi connectivity index (χ1v) is 5.39. The van der Waals surface area contributed by atoms with Gasteiger partial charge in [0.15, 0.2) is 0 Å². The van der Waals surface area contributed by atoms with Gasteiger partial charge in [-0.25, -0.2) is 0 Å². The van der Waals surface area contributed by atoms with Gasteiger partial charge in [0, 0.05) is 6.04 Å². The summed E-state index contributed by atoms with van der Waals surface area (Å²) in [5, 5.41) is 0. The van der Waals surface area contributed by atoms with Gasteiger partial charge in [-0.05, 0) is 24.0 Å². The minimum absolute atomic E-state index is 0.0676. The molecule has 0 spiro atoms. The minimum Gasteiger partial charge on any atom is -0.492 e. The molecule has 0 aliphatic heterocycles. The van der Waals surface area contributed by atoms with Gasteiger partial charge >= 0.3 is 0 Å². The summed E-state index contributed by atoms with van der Waals surface area (Å²) in [6.45, 7) is 9.05. The van der Waals surface area contributed by atoms with Crippen LogP contribution >= 0.6 is 0 Å². The molecular weight excluding hydrogens is 186 g/mol. The summed E-state index contributed by atoms with van der Waals surface area (Å²) in [7, 11) is 0. The van der Waals surface area contributed by atoms with Gasteiger partial charge in [-0.3, -0.25) is 0 Å². The molecule has 0 heterocycles. The highest BCUT2D eigenvalue weighted by atomic mass is 16.5. The van der Waals surface area contributed by atoms with Crippen molar-refractivity contribution >= 4 is 0 Å². The predicted octanol–water partition coefficient (Wildman–Crippen LogP) is 2.71. The van der Waals surface area contributed by atoms with Crippen molar-refractivity contribution in [2.24, 2.45) is 5.73 Å². The molecule has 0 aromatic heterocycles. The molecule has 1 rings (SSSR count). The minimum atomic E-state index is 0.0676. The summed E-state index contributed by atoms with van der Waals surface area (Å²) in [6.07, 6.45) is 0. The van der Waals surface area contributed by atoms with Crippen molar-refractivity contribution < 1.29 is 4.74 Å². The van der Waals surface area contributed by atoms with Crippen molar-refractivity contribution in [2.75, 3.05) is 6.61 Å². The highest BCUT2D eigenvalue weighted by Crippen LogP contribution is 2.30. The van der Waals surface area contributed by atoms with Crippen LogP contribution in [0.5, 0.6) is 5.75 Å². The van der Waals surface area contributed by atoms with E-state index in [-0.39, 0.29) is 11.5 Å². The van der Waals surface area contributed by atoms with Crippen LogP contribution in [0.25, 0.3) is 0 Å². The average molecular weight is 207 g/mol. The molecule has 0 fully saturated rings. The van der Waals surface area contributed by atoms with Crippen molar-refractivity contribution in [2.45, 2.75) is 39.2 Å². The first kappa shape index (κ1) is 12.1. The first-order chi connectivity index (χ1) is 6.91. The summed E-state index contributed by atoms with van der Waals surface area (Å²) in [5.41, 5.74) is 7.01. The third-order valence-electron chi connectivity index (χ3n) is 2.20. The summed E-state index contributed by atoms with van der Waals surface area (Å²) in [6, 6.07) is 8.21. The number of benzene rings is 1. The number of nitrogens with two attached hydrogens (primary N) is 1. The number of ether oxygens (including phenoxy) is 1. The number of para-hydroxylation sites is 1. The van der Waals surface area contributed by atoms with Gasteiger partial charge in [0.1, 0.15) is 12.4 Å². The molecule has 0 saturated heterocycles. The monoisotopic (exact) mass is 207 g/mol. The van der Waals surface area contributed by atoms with E-state index >= 15 is 0 Å². The van der Waals surface area contributed by atoms with E-state index in [1.165, 1.54) is 5.56 Å². The summed E-state index contributed by atoms with van der Waals surface area (Å²) in [5.74, 6) is 0.947. The van der Waals surface area contributed by atoms with Gasteiger partial charge in [-0.2, -0.15) is 0 Å². The van der Waals surface area contributed by atoms with Gasteiger partial charge in [-0.1, -0.05) is 39.0 Å². The van der Waals surface area contributed by atoms with Crippen LogP contribution in [0.2, 0.25) is 0 Å². The van der Waals surface area contributed by atoms with E-state index in [2.05, 4.69) is 26.8 Å². The van der Waals surface area contributed by atoms with Crippen molar-refractivity contribution in [1.29, 1.82) is 0 Å². The van der Waals surface area contributed by atoms with Crippen molar-refractivity contribution in [3.05, 3.63) is 29.8 Å². The lowest BCUT2D eigenvalue weighted by Crippen LogP contribution is -2.24. The Morgan fingerprint density at radius 2 is 1.87 bits per heavy atom. The molecule has 0 amide bonds. The van der Waals surface area contributed by atoms with E-state index < -0.39 is 0 Å². The molecule has 2 N–H and O–H groups in total. The maximum atomic E-state index is 5.70. The Bertz CT molecular complexity index is 313. The Balaban J connectivity index is 2.87. The lowest BCUT2D eigenvalue weighted by atomic mass is 9.86. The normalized spacial score (nSPS) is 13.7. The molecule has 2 heteroatoms. The van der Waals surface area contributed by atoms with E-state index in [9.17, 15) is 0 Å². The van der Waals surface area contributed by atoms with Gasteiger partial charge in [0.2, 0.25) is 0 Å². The number of hydrogen-bond acceptors (Lipinski definition) is 2. The van der Waals surface area contributed by atoms with E-state index in [1.807, 2.05) is 25.1 Å². The van der Waals surface area contributed by atoms with E-state index in [1.54, 1.807) is 0 Å². The van der Waals surface area contributed by atoms with Crippen LogP contribution in [0.1, 0.15) is 33.3 Å². The van der Waals surface area contributed by atoms with Gasteiger partial charge < -0.3 is 10.5 Å². The van der Waals surface area contributed by atoms with Crippen LogP contribution < -0.4 is 10.5 Å². The fourth-order valence-corrected chi connectivity index (χ4v) is 1.43. The quantitative estimate of drug-likeness (QED) is 0.827. The molecule has 0 aliphatic carbocycles. The standard InChI is InChI=1S/C13H21NO/c1-10(14)9-15-12-8-6-5-7-11(12)13(2,3)4/h5-8,10H,9,14H2,1-4H3. The van der Waals surface area contributed by atoms with Crippen molar-refractivity contribution in [3.63, 3.8) is 0 Å². The molecule has 2 nitrogen and oxygen atoms in total. The number of hydrogen-bond donors (Lipinski definition) is 1. The maximum Gasteiger partial charge on any atom is 0.123 e. The van der Waals surface area contributed by atoms with Gasteiger partial charge in [-0.15, -0.1) is 0 Å². The van der Waals surface area contributed by atoms with Crippen molar-refractivity contribution in [3.8, 4) is 5.75 Å². The summed E-state index contributed by atoms with van der Waals surface area (Å²) < 4.78 is 5.70. The molecule has 0 radical (unpaired) electrons. The molecule has 1 aromatic carbocycles. The zero-order chi connectivity index (χ0) is 11.5. The van der Waals surface area contributed by atoms with E-state index in [4.69, 9.17) is 10.5 Å². The Morgan fingerprint density at radius 3 is 2.40 bits per heavy atom. The first-order valence-electron chi connectivity index (χ1n) is 5.39. The second-order valence-corrected chi connectivity index (χ2v) is 5.03. The molecule has 1 unspecified atom stereocenters. The highest BCUT2D eigenvalue weighted by Gasteiger charge is 2.18. The van der Waals surface area contributed by atoms with Crippen LogP contribution in [-0.2, 0) is 5.41 Å². The zero-order valence-electron chi connectivity index (χ0n) is 10.1.